The smallest absolute Gasteiger partial charge is 0.223 e. The molecule has 2 fully saturated rings. The van der Waals surface area contributed by atoms with E-state index in [1.54, 1.807) is 4.90 Å². The lowest BCUT2D eigenvalue weighted by atomic mass is 9.77. The first-order valence-corrected chi connectivity index (χ1v) is 8.94. The number of nitrogens with zero attached hydrogens (tertiary/aromatic N) is 2. The highest BCUT2D eigenvalue weighted by atomic mass is 19.1. The standard InChI is InChI=1S/C20H26F2N2O/c1-15(2)3-6-23-7-4-20(5-8-23)12-19(25)24(14-20)13-16-9-17(21)11-18(22)10-16/h3,9-11H,4-8,12-14H2,1-2H3. The second kappa shape index (κ2) is 7.24. The zero-order valence-corrected chi connectivity index (χ0v) is 15.0. The van der Waals surface area contributed by atoms with Crippen LogP contribution in [0.2, 0.25) is 0 Å². The van der Waals surface area contributed by atoms with Gasteiger partial charge in [0.1, 0.15) is 11.6 Å². The van der Waals surface area contributed by atoms with E-state index in [1.807, 2.05) is 0 Å². The van der Waals surface area contributed by atoms with Crippen LogP contribution < -0.4 is 0 Å². The molecule has 2 heterocycles. The molecule has 1 amide bonds. The van der Waals surface area contributed by atoms with E-state index in [2.05, 4.69) is 24.8 Å². The molecule has 0 aromatic heterocycles. The van der Waals surface area contributed by atoms with Gasteiger partial charge in [-0.05, 0) is 62.9 Å². The number of likely N-dealkylation sites (tertiary alicyclic amines) is 2. The Hall–Kier alpha value is -1.75. The minimum atomic E-state index is -0.594. The number of rotatable bonds is 4. The number of carbonyl (C=O) groups is 1. The van der Waals surface area contributed by atoms with Crippen molar-refractivity contribution in [2.45, 2.75) is 39.7 Å². The summed E-state index contributed by atoms with van der Waals surface area (Å²) in [5.74, 6) is -1.09. The first kappa shape index (κ1) is 18.1. The molecule has 0 N–H and O–H groups in total. The maximum absolute atomic E-state index is 13.4. The van der Waals surface area contributed by atoms with Crippen molar-refractivity contribution in [2.24, 2.45) is 5.41 Å². The molecule has 0 unspecified atom stereocenters. The topological polar surface area (TPSA) is 23.6 Å². The molecule has 25 heavy (non-hydrogen) atoms. The van der Waals surface area contributed by atoms with Gasteiger partial charge in [-0.25, -0.2) is 8.78 Å². The maximum Gasteiger partial charge on any atom is 0.223 e. The number of piperidine rings is 1. The molecular formula is C20H26F2N2O. The van der Waals surface area contributed by atoms with Gasteiger partial charge in [0.05, 0.1) is 0 Å². The summed E-state index contributed by atoms with van der Waals surface area (Å²) in [4.78, 5) is 16.6. The Labute approximate surface area is 148 Å². The van der Waals surface area contributed by atoms with E-state index in [1.165, 1.54) is 17.7 Å². The van der Waals surface area contributed by atoms with Gasteiger partial charge in [0, 0.05) is 32.1 Å². The van der Waals surface area contributed by atoms with Crippen molar-refractivity contribution < 1.29 is 13.6 Å². The Morgan fingerprint density at radius 1 is 1.16 bits per heavy atom. The van der Waals surface area contributed by atoms with E-state index in [0.717, 1.165) is 38.5 Å². The quantitative estimate of drug-likeness (QED) is 0.774. The first-order chi connectivity index (χ1) is 11.8. The normalized spacial score (nSPS) is 20.3. The van der Waals surface area contributed by atoms with Crippen LogP contribution in [0.4, 0.5) is 8.78 Å². The molecule has 1 aromatic rings. The Kier molecular flexibility index (Phi) is 5.23. The van der Waals surface area contributed by atoms with Crippen LogP contribution >= 0.6 is 0 Å². The summed E-state index contributed by atoms with van der Waals surface area (Å²) in [6, 6.07) is 3.48. The number of benzene rings is 1. The van der Waals surface area contributed by atoms with Gasteiger partial charge in [-0.1, -0.05) is 11.6 Å². The van der Waals surface area contributed by atoms with Crippen molar-refractivity contribution in [1.29, 1.82) is 0 Å². The van der Waals surface area contributed by atoms with Crippen LogP contribution in [0, 0.1) is 17.0 Å². The lowest BCUT2D eigenvalue weighted by Crippen LogP contribution is -2.41. The minimum Gasteiger partial charge on any atom is -0.338 e. The summed E-state index contributed by atoms with van der Waals surface area (Å²) in [5, 5.41) is 0. The molecule has 2 aliphatic heterocycles. The van der Waals surface area contributed by atoms with Crippen LogP contribution in [0.15, 0.2) is 29.8 Å². The zero-order valence-electron chi connectivity index (χ0n) is 15.0. The van der Waals surface area contributed by atoms with Gasteiger partial charge in [-0.15, -0.1) is 0 Å². The molecule has 0 bridgehead atoms. The fourth-order valence-electron chi connectivity index (χ4n) is 3.90. The minimum absolute atomic E-state index is 0.0322. The van der Waals surface area contributed by atoms with E-state index in [4.69, 9.17) is 0 Å². The molecule has 1 aromatic carbocycles. The Bertz CT molecular complexity index is 654. The Balaban J connectivity index is 1.60. The fraction of sp³-hybridized carbons (Fsp3) is 0.550. The highest BCUT2D eigenvalue weighted by Gasteiger charge is 2.44. The van der Waals surface area contributed by atoms with E-state index < -0.39 is 11.6 Å². The molecule has 0 saturated carbocycles. The number of hydrogen-bond donors (Lipinski definition) is 0. The largest absolute Gasteiger partial charge is 0.338 e. The van der Waals surface area contributed by atoms with E-state index in [9.17, 15) is 13.6 Å². The van der Waals surface area contributed by atoms with Gasteiger partial charge in [-0.3, -0.25) is 9.69 Å². The van der Waals surface area contributed by atoms with Crippen molar-refractivity contribution in [3.05, 3.63) is 47.0 Å². The predicted molar refractivity (Wildman–Crippen MR) is 93.9 cm³/mol. The number of amides is 1. The summed E-state index contributed by atoms with van der Waals surface area (Å²) >= 11 is 0. The third-order valence-corrected chi connectivity index (χ3v) is 5.38. The summed E-state index contributed by atoms with van der Waals surface area (Å²) in [6.07, 6.45) is 4.80. The van der Waals surface area contributed by atoms with Crippen LogP contribution in [-0.4, -0.2) is 41.9 Å². The SMILES string of the molecule is CC(C)=CCN1CCC2(CC1)CC(=O)N(Cc1cc(F)cc(F)c1)C2. The number of allylic oxidation sites excluding steroid dienone is 1. The predicted octanol–water partition coefficient (Wildman–Crippen LogP) is 3.75. The third-order valence-electron chi connectivity index (χ3n) is 5.38. The lowest BCUT2D eigenvalue weighted by Gasteiger charge is -2.38. The molecule has 2 saturated heterocycles. The maximum atomic E-state index is 13.4. The van der Waals surface area contributed by atoms with Gasteiger partial charge >= 0.3 is 0 Å². The van der Waals surface area contributed by atoms with Gasteiger partial charge in [-0.2, -0.15) is 0 Å². The van der Waals surface area contributed by atoms with Crippen LogP contribution in [-0.2, 0) is 11.3 Å². The molecular weight excluding hydrogens is 322 g/mol. The lowest BCUT2D eigenvalue weighted by molar-refractivity contribution is -0.128. The van der Waals surface area contributed by atoms with Crippen molar-refractivity contribution in [1.82, 2.24) is 9.80 Å². The van der Waals surface area contributed by atoms with Crippen molar-refractivity contribution in [2.75, 3.05) is 26.2 Å². The van der Waals surface area contributed by atoms with Gasteiger partial charge in [0.15, 0.2) is 0 Å². The molecule has 0 atom stereocenters. The molecule has 3 nitrogen and oxygen atoms in total. The number of carbonyl (C=O) groups excluding carboxylic acids is 1. The van der Waals surface area contributed by atoms with Crippen molar-refractivity contribution >= 4 is 5.91 Å². The van der Waals surface area contributed by atoms with Crippen LogP contribution in [0.3, 0.4) is 0 Å². The molecule has 0 aliphatic carbocycles. The van der Waals surface area contributed by atoms with E-state index in [0.29, 0.717) is 18.5 Å². The van der Waals surface area contributed by atoms with Gasteiger partial charge in [0.2, 0.25) is 5.91 Å². The molecule has 1 spiro atoms. The van der Waals surface area contributed by atoms with Gasteiger partial charge < -0.3 is 4.90 Å². The third kappa shape index (κ3) is 4.46. The molecule has 3 rings (SSSR count). The van der Waals surface area contributed by atoms with Crippen molar-refractivity contribution in [3.63, 3.8) is 0 Å². The van der Waals surface area contributed by atoms with Crippen LogP contribution in [0.5, 0.6) is 0 Å². The molecule has 136 valence electrons. The molecule has 0 radical (unpaired) electrons. The summed E-state index contributed by atoms with van der Waals surface area (Å²) < 4.78 is 26.7. The van der Waals surface area contributed by atoms with Crippen molar-refractivity contribution in [3.8, 4) is 0 Å². The zero-order chi connectivity index (χ0) is 18.0. The average molecular weight is 348 g/mol. The van der Waals surface area contributed by atoms with E-state index >= 15 is 0 Å². The second-order valence-corrected chi connectivity index (χ2v) is 7.79. The molecule has 2 aliphatic rings. The van der Waals surface area contributed by atoms with Gasteiger partial charge in [0.25, 0.3) is 0 Å². The number of halogens is 2. The number of hydrogen-bond acceptors (Lipinski definition) is 2. The summed E-state index contributed by atoms with van der Waals surface area (Å²) in [7, 11) is 0. The summed E-state index contributed by atoms with van der Waals surface area (Å²) in [6.45, 7) is 8.16. The summed E-state index contributed by atoms with van der Waals surface area (Å²) in [5.41, 5.74) is 1.87. The highest BCUT2D eigenvalue weighted by molar-refractivity contribution is 5.79. The van der Waals surface area contributed by atoms with E-state index in [-0.39, 0.29) is 17.9 Å². The average Bonchev–Trinajstić information content (AvgIpc) is 2.81. The first-order valence-electron chi connectivity index (χ1n) is 8.94. The van der Waals surface area contributed by atoms with Crippen LogP contribution in [0.1, 0.15) is 38.7 Å². The Morgan fingerprint density at radius 3 is 2.40 bits per heavy atom. The fourth-order valence-corrected chi connectivity index (χ4v) is 3.90. The van der Waals surface area contributed by atoms with Crippen LogP contribution in [0.25, 0.3) is 0 Å². The monoisotopic (exact) mass is 348 g/mol. The molecule has 5 heteroatoms. The second-order valence-electron chi connectivity index (χ2n) is 7.79. The Morgan fingerprint density at radius 2 is 1.80 bits per heavy atom. The highest BCUT2D eigenvalue weighted by Crippen LogP contribution is 2.41.